The van der Waals surface area contributed by atoms with Gasteiger partial charge in [-0.05, 0) is 54.4 Å². The fourth-order valence-electron chi connectivity index (χ4n) is 3.33. The van der Waals surface area contributed by atoms with Gasteiger partial charge in [0, 0.05) is 5.69 Å². The van der Waals surface area contributed by atoms with Gasteiger partial charge in [0.15, 0.2) is 11.5 Å². The van der Waals surface area contributed by atoms with Crippen molar-refractivity contribution in [1.29, 1.82) is 0 Å². The van der Waals surface area contributed by atoms with E-state index in [-0.39, 0.29) is 18.2 Å². The van der Waals surface area contributed by atoms with E-state index in [4.69, 9.17) is 14.2 Å². The van der Waals surface area contributed by atoms with Crippen molar-refractivity contribution in [1.82, 2.24) is 0 Å². The van der Waals surface area contributed by atoms with Gasteiger partial charge in [-0.1, -0.05) is 24.3 Å². The van der Waals surface area contributed by atoms with Gasteiger partial charge in [-0.2, -0.15) is 0 Å². The van der Waals surface area contributed by atoms with Gasteiger partial charge in [0.25, 0.3) is 5.91 Å². The van der Waals surface area contributed by atoms with Crippen molar-refractivity contribution in [3.05, 3.63) is 77.4 Å². The number of para-hydroxylation sites is 1. The average Bonchev–Trinajstić information content (AvgIpc) is 2.78. The lowest BCUT2D eigenvalue weighted by Gasteiger charge is -2.15. The summed E-state index contributed by atoms with van der Waals surface area (Å²) in [5, 5.41) is 5.70. The van der Waals surface area contributed by atoms with E-state index in [1.54, 1.807) is 36.4 Å². The highest BCUT2D eigenvalue weighted by molar-refractivity contribution is 6.10. The number of anilines is 2. The summed E-state index contributed by atoms with van der Waals surface area (Å²) >= 11 is 0. The van der Waals surface area contributed by atoms with E-state index in [1.807, 2.05) is 31.2 Å². The fraction of sp³-hybridized carbons (Fsp3) is 0.200. The van der Waals surface area contributed by atoms with Crippen LogP contribution in [0.5, 0.6) is 17.2 Å². The van der Waals surface area contributed by atoms with E-state index >= 15 is 0 Å². The van der Waals surface area contributed by atoms with Gasteiger partial charge in [-0.15, -0.1) is 0 Å². The smallest absolute Gasteiger partial charge is 0.257 e. The van der Waals surface area contributed by atoms with Crippen LogP contribution in [0.25, 0.3) is 0 Å². The number of amides is 2. The predicted octanol–water partition coefficient (Wildman–Crippen LogP) is 4.45. The Morgan fingerprint density at radius 1 is 0.812 bits per heavy atom. The number of benzene rings is 3. The zero-order chi connectivity index (χ0) is 23.1. The number of rotatable bonds is 8. The van der Waals surface area contributed by atoms with E-state index in [0.29, 0.717) is 39.8 Å². The maximum Gasteiger partial charge on any atom is 0.257 e. The Labute approximate surface area is 187 Å². The molecular weight excluding hydrogens is 408 g/mol. The minimum atomic E-state index is -0.306. The van der Waals surface area contributed by atoms with Crippen LogP contribution in [-0.2, 0) is 11.2 Å². The quantitative estimate of drug-likeness (QED) is 0.547. The molecule has 2 amide bonds. The first-order valence-corrected chi connectivity index (χ1v) is 10.0. The second-order valence-electron chi connectivity index (χ2n) is 7.13. The lowest BCUT2D eigenvalue weighted by atomic mass is 10.1. The molecular formula is C25H26N2O5. The summed E-state index contributed by atoms with van der Waals surface area (Å²) in [5.74, 6) is 0.798. The van der Waals surface area contributed by atoms with Crippen molar-refractivity contribution in [2.45, 2.75) is 13.3 Å². The van der Waals surface area contributed by atoms with Gasteiger partial charge in [-0.25, -0.2) is 0 Å². The molecule has 3 aromatic rings. The van der Waals surface area contributed by atoms with Crippen LogP contribution in [0.15, 0.2) is 60.7 Å². The highest BCUT2D eigenvalue weighted by Gasteiger charge is 2.17. The van der Waals surface area contributed by atoms with Gasteiger partial charge in [0.05, 0.1) is 39.0 Å². The van der Waals surface area contributed by atoms with Crippen molar-refractivity contribution >= 4 is 23.2 Å². The van der Waals surface area contributed by atoms with Gasteiger partial charge >= 0.3 is 0 Å². The van der Waals surface area contributed by atoms with Gasteiger partial charge in [0.1, 0.15) is 0 Å². The summed E-state index contributed by atoms with van der Waals surface area (Å²) in [6, 6.07) is 17.8. The number of carbonyl (C=O) groups excluding carboxylic acids is 2. The molecule has 0 aliphatic rings. The highest BCUT2D eigenvalue weighted by Crippen LogP contribution is 2.38. The Hall–Kier alpha value is -4.00. The molecule has 3 rings (SSSR count). The summed E-state index contributed by atoms with van der Waals surface area (Å²) in [6.45, 7) is 1.95. The van der Waals surface area contributed by atoms with Crippen molar-refractivity contribution in [3.63, 3.8) is 0 Å². The van der Waals surface area contributed by atoms with E-state index in [1.165, 1.54) is 21.3 Å². The Morgan fingerprint density at radius 3 is 2.12 bits per heavy atom. The lowest BCUT2D eigenvalue weighted by molar-refractivity contribution is -0.115. The van der Waals surface area contributed by atoms with E-state index in [9.17, 15) is 9.59 Å². The summed E-state index contributed by atoms with van der Waals surface area (Å²) in [7, 11) is 4.56. The van der Waals surface area contributed by atoms with Crippen LogP contribution >= 0.6 is 0 Å². The first-order valence-electron chi connectivity index (χ1n) is 10.0. The molecule has 0 fully saturated rings. The van der Waals surface area contributed by atoms with Crippen LogP contribution in [0.4, 0.5) is 11.4 Å². The Morgan fingerprint density at radius 2 is 1.50 bits per heavy atom. The molecule has 0 heterocycles. The average molecular weight is 434 g/mol. The molecule has 0 atom stereocenters. The molecule has 0 spiro atoms. The van der Waals surface area contributed by atoms with Gasteiger partial charge < -0.3 is 24.8 Å². The first kappa shape index (κ1) is 22.7. The Kier molecular flexibility index (Phi) is 7.33. The van der Waals surface area contributed by atoms with Crippen LogP contribution in [-0.4, -0.2) is 33.1 Å². The molecule has 0 saturated carbocycles. The number of methoxy groups -OCH3 is 3. The predicted molar refractivity (Wildman–Crippen MR) is 124 cm³/mol. The minimum absolute atomic E-state index is 0.0601. The van der Waals surface area contributed by atoms with Crippen LogP contribution in [0.3, 0.4) is 0 Å². The molecule has 0 aliphatic heterocycles. The number of nitrogens with one attached hydrogen (secondary N) is 2. The largest absolute Gasteiger partial charge is 0.493 e. The molecule has 0 unspecified atom stereocenters. The maximum atomic E-state index is 12.8. The molecule has 7 nitrogen and oxygen atoms in total. The SMILES string of the molecule is COc1cc(CC(=O)Nc2ccccc2C(=O)Nc2cccc(C)c2)cc(OC)c1OC. The summed E-state index contributed by atoms with van der Waals surface area (Å²) < 4.78 is 16.0. The molecule has 0 radical (unpaired) electrons. The number of hydrogen-bond acceptors (Lipinski definition) is 5. The zero-order valence-corrected chi connectivity index (χ0v) is 18.5. The molecule has 3 aromatic carbocycles. The van der Waals surface area contributed by atoms with E-state index in [2.05, 4.69) is 10.6 Å². The van der Waals surface area contributed by atoms with Crippen molar-refractivity contribution in [2.75, 3.05) is 32.0 Å². The maximum absolute atomic E-state index is 12.8. The first-order chi connectivity index (χ1) is 15.4. The van der Waals surface area contributed by atoms with Gasteiger partial charge in [0.2, 0.25) is 11.7 Å². The number of carbonyl (C=O) groups is 2. The third-order valence-electron chi connectivity index (χ3n) is 4.81. The highest BCUT2D eigenvalue weighted by atomic mass is 16.5. The van der Waals surface area contributed by atoms with Crippen molar-refractivity contribution in [3.8, 4) is 17.2 Å². The third kappa shape index (κ3) is 5.37. The topological polar surface area (TPSA) is 85.9 Å². The normalized spacial score (nSPS) is 10.2. The van der Waals surface area contributed by atoms with Crippen molar-refractivity contribution in [2.24, 2.45) is 0 Å². The molecule has 0 aliphatic carbocycles. The molecule has 0 saturated heterocycles. The lowest BCUT2D eigenvalue weighted by Crippen LogP contribution is -2.19. The van der Waals surface area contributed by atoms with Crippen LogP contribution in [0.2, 0.25) is 0 Å². The fourth-order valence-corrected chi connectivity index (χ4v) is 3.33. The Bertz CT molecular complexity index is 1100. The van der Waals surface area contributed by atoms with Gasteiger partial charge in [-0.3, -0.25) is 9.59 Å². The van der Waals surface area contributed by atoms with Crippen molar-refractivity contribution < 1.29 is 23.8 Å². The van der Waals surface area contributed by atoms with E-state index < -0.39 is 0 Å². The summed E-state index contributed by atoms with van der Waals surface area (Å²) in [6.07, 6.45) is 0.0601. The number of hydrogen-bond donors (Lipinski definition) is 2. The second kappa shape index (κ2) is 10.3. The zero-order valence-electron chi connectivity index (χ0n) is 18.5. The standard InChI is InChI=1S/C25H26N2O5/c1-16-8-7-9-18(12-16)26-25(29)19-10-5-6-11-20(19)27-23(28)15-17-13-21(30-2)24(32-4)22(14-17)31-3/h5-14H,15H2,1-4H3,(H,26,29)(H,27,28). The molecule has 166 valence electrons. The Balaban J connectivity index is 1.77. The van der Waals surface area contributed by atoms with E-state index in [0.717, 1.165) is 5.56 Å². The molecule has 32 heavy (non-hydrogen) atoms. The van der Waals surface area contributed by atoms with Crippen LogP contribution in [0.1, 0.15) is 21.5 Å². The number of ether oxygens (including phenoxy) is 3. The molecule has 2 N–H and O–H groups in total. The third-order valence-corrected chi connectivity index (χ3v) is 4.81. The summed E-state index contributed by atoms with van der Waals surface area (Å²) in [5.41, 5.74) is 3.20. The molecule has 0 bridgehead atoms. The molecule has 0 aromatic heterocycles. The second-order valence-corrected chi connectivity index (χ2v) is 7.13. The summed E-state index contributed by atoms with van der Waals surface area (Å²) in [4.78, 5) is 25.6. The monoisotopic (exact) mass is 434 g/mol. The van der Waals surface area contributed by atoms with Crippen LogP contribution in [0, 0.1) is 6.92 Å². The number of aryl methyl sites for hydroxylation is 1. The minimum Gasteiger partial charge on any atom is -0.493 e. The van der Waals surface area contributed by atoms with Crippen LogP contribution < -0.4 is 24.8 Å². The molecule has 7 heteroatoms.